The van der Waals surface area contributed by atoms with Gasteiger partial charge in [-0.05, 0) is 41.3 Å². The largest absolute Gasteiger partial charge is 0.507 e. The Morgan fingerprint density at radius 1 is 0.696 bits per heavy atom. The van der Waals surface area contributed by atoms with Gasteiger partial charge in [0, 0.05) is 0 Å². The lowest BCUT2D eigenvalue weighted by Gasteiger charge is -2.06. The molecular weight excluding hydrogens is 292 g/mol. The third-order valence-electron chi connectivity index (χ3n) is 3.27. The van der Waals surface area contributed by atoms with Gasteiger partial charge in [0.2, 0.25) is 0 Å². The highest BCUT2D eigenvalue weighted by Crippen LogP contribution is 2.31. The molecule has 23 heavy (non-hydrogen) atoms. The molecule has 4 heteroatoms. The minimum absolute atomic E-state index is 0.00453. The first-order valence-corrected chi connectivity index (χ1v) is 7.31. The van der Waals surface area contributed by atoms with Gasteiger partial charge in [-0.1, -0.05) is 44.2 Å². The first-order chi connectivity index (χ1) is 10.9. The van der Waals surface area contributed by atoms with Crippen LogP contribution in [0.2, 0.25) is 0 Å². The monoisotopic (exact) mass is 312 g/mol. The van der Waals surface area contributed by atoms with E-state index in [4.69, 9.17) is 0 Å². The van der Waals surface area contributed by atoms with Gasteiger partial charge in [0.1, 0.15) is 11.5 Å². The molecule has 0 fully saturated rings. The summed E-state index contributed by atoms with van der Waals surface area (Å²) in [6, 6.07) is 7.56. The number of aromatic hydroxyl groups is 4. The standard InChI is InChI=1S/C19H20O4/c1-12(2)3-7-15-17(21)10-14(11-18(15)22)5-4-13-6-8-16(20)19(23)9-13/h3-12,20-23H,1-2H3/b5-4+,7-3+. The Morgan fingerprint density at radius 3 is 1.83 bits per heavy atom. The maximum Gasteiger partial charge on any atom is 0.157 e. The van der Waals surface area contributed by atoms with Gasteiger partial charge in [0.25, 0.3) is 0 Å². The van der Waals surface area contributed by atoms with Crippen molar-refractivity contribution in [3.63, 3.8) is 0 Å². The minimum Gasteiger partial charge on any atom is -0.507 e. The first-order valence-electron chi connectivity index (χ1n) is 7.31. The maximum atomic E-state index is 10.0. The number of rotatable bonds is 4. The Morgan fingerprint density at radius 2 is 1.26 bits per heavy atom. The number of benzene rings is 2. The van der Waals surface area contributed by atoms with E-state index in [-0.39, 0.29) is 23.0 Å². The Labute approximate surface area is 135 Å². The predicted molar refractivity (Wildman–Crippen MR) is 92.3 cm³/mol. The van der Waals surface area contributed by atoms with Crippen LogP contribution < -0.4 is 0 Å². The molecule has 0 radical (unpaired) electrons. The van der Waals surface area contributed by atoms with Crippen LogP contribution in [-0.2, 0) is 0 Å². The average Bonchev–Trinajstić information content (AvgIpc) is 2.47. The van der Waals surface area contributed by atoms with Gasteiger partial charge in [-0.2, -0.15) is 0 Å². The third-order valence-corrected chi connectivity index (χ3v) is 3.27. The summed E-state index contributed by atoms with van der Waals surface area (Å²) < 4.78 is 0. The molecule has 4 N–H and O–H groups in total. The third kappa shape index (κ3) is 4.30. The number of hydrogen-bond donors (Lipinski definition) is 4. The van der Waals surface area contributed by atoms with Crippen LogP contribution in [-0.4, -0.2) is 20.4 Å². The van der Waals surface area contributed by atoms with Crippen LogP contribution in [0, 0.1) is 5.92 Å². The molecule has 0 spiro atoms. The van der Waals surface area contributed by atoms with Crippen LogP contribution in [0.25, 0.3) is 18.2 Å². The normalized spacial score (nSPS) is 11.8. The molecule has 0 aliphatic heterocycles. The molecule has 2 rings (SSSR count). The van der Waals surface area contributed by atoms with Crippen LogP contribution in [0.1, 0.15) is 30.5 Å². The predicted octanol–water partition coefficient (Wildman–Crippen LogP) is 4.35. The van der Waals surface area contributed by atoms with Crippen LogP contribution in [0.5, 0.6) is 23.0 Å². The van der Waals surface area contributed by atoms with Crippen LogP contribution in [0.3, 0.4) is 0 Å². The molecule has 0 aliphatic carbocycles. The Bertz CT molecular complexity index is 735. The molecule has 4 nitrogen and oxygen atoms in total. The molecule has 2 aromatic rings. The molecule has 0 aromatic heterocycles. The fourth-order valence-electron chi connectivity index (χ4n) is 2.04. The second kappa shape index (κ2) is 6.92. The Kier molecular flexibility index (Phi) is 4.96. The van der Waals surface area contributed by atoms with Crippen molar-refractivity contribution in [1.82, 2.24) is 0 Å². The molecule has 0 unspecified atom stereocenters. The zero-order valence-electron chi connectivity index (χ0n) is 13.1. The van der Waals surface area contributed by atoms with E-state index < -0.39 is 0 Å². The molecule has 0 atom stereocenters. The lowest BCUT2D eigenvalue weighted by atomic mass is 10.0. The fraction of sp³-hybridized carbons (Fsp3) is 0.158. The van der Waals surface area contributed by atoms with Gasteiger partial charge in [0.15, 0.2) is 11.5 Å². The van der Waals surface area contributed by atoms with Gasteiger partial charge >= 0.3 is 0 Å². The number of phenolic OH excluding ortho intramolecular Hbond substituents is 4. The summed E-state index contributed by atoms with van der Waals surface area (Å²) >= 11 is 0. The van der Waals surface area contributed by atoms with E-state index in [0.29, 0.717) is 22.6 Å². The smallest absolute Gasteiger partial charge is 0.157 e. The van der Waals surface area contributed by atoms with Crippen molar-refractivity contribution in [2.45, 2.75) is 13.8 Å². The van der Waals surface area contributed by atoms with Crippen molar-refractivity contribution in [2.75, 3.05) is 0 Å². The molecule has 0 aliphatic rings. The van der Waals surface area contributed by atoms with Crippen LogP contribution in [0.15, 0.2) is 36.4 Å². The number of hydrogen-bond acceptors (Lipinski definition) is 4. The molecule has 2 aromatic carbocycles. The van der Waals surface area contributed by atoms with E-state index >= 15 is 0 Å². The lowest BCUT2D eigenvalue weighted by molar-refractivity contribution is 0.403. The van der Waals surface area contributed by atoms with Gasteiger partial charge < -0.3 is 20.4 Å². The topological polar surface area (TPSA) is 80.9 Å². The minimum atomic E-state index is -0.202. The summed E-state index contributed by atoms with van der Waals surface area (Å²) in [4.78, 5) is 0. The molecule has 0 heterocycles. The molecule has 120 valence electrons. The second-order valence-electron chi connectivity index (χ2n) is 5.66. The highest BCUT2D eigenvalue weighted by molar-refractivity contribution is 5.75. The zero-order chi connectivity index (χ0) is 17.0. The van der Waals surface area contributed by atoms with Crippen molar-refractivity contribution in [1.29, 1.82) is 0 Å². The van der Waals surface area contributed by atoms with Crippen molar-refractivity contribution in [3.05, 3.63) is 53.1 Å². The van der Waals surface area contributed by atoms with Crippen molar-refractivity contribution in [2.24, 2.45) is 5.92 Å². The van der Waals surface area contributed by atoms with E-state index in [1.807, 2.05) is 19.9 Å². The molecule has 0 saturated carbocycles. The average molecular weight is 312 g/mol. The van der Waals surface area contributed by atoms with E-state index in [0.717, 1.165) is 0 Å². The van der Waals surface area contributed by atoms with E-state index in [1.54, 1.807) is 36.4 Å². The highest BCUT2D eigenvalue weighted by atomic mass is 16.3. The number of allylic oxidation sites excluding steroid dienone is 1. The Hall–Kier alpha value is -2.88. The van der Waals surface area contributed by atoms with E-state index in [9.17, 15) is 20.4 Å². The molecule has 0 amide bonds. The molecular formula is C19H20O4. The summed E-state index contributed by atoms with van der Waals surface area (Å²) in [5, 5.41) is 38.8. The van der Waals surface area contributed by atoms with Gasteiger partial charge in [-0.15, -0.1) is 0 Å². The van der Waals surface area contributed by atoms with Crippen molar-refractivity contribution >= 4 is 18.2 Å². The lowest BCUT2D eigenvalue weighted by Crippen LogP contribution is -1.83. The highest BCUT2D eigenvalue weighted by Gasteiger charge is 2.06. The SMILES string of the molecule is CC(C)/C=C/c1c(O)cc(/C=C/c2ccc(O)c(O)c2)cc1O. The van der Waals surface area contributed by atoms with Crippen molar-refractivity contribution in [3.8, 4) is 23.0 Å². The second-order valence-corrected chi connectivity index (χ2v) is 5.66. The maximum absolute atomic E-state index is 10.0. The van der Waals surface area contributed by atoms with Crippen LogP contribution >= 0.6 is 0 Å². The quantitative estimate of drug-likeness (QED) is 0.500. The van der Waals surface area contributed by atoms with Gasteiger partial charge in [-0.3, -0.25) is 0 Å². The summed E-state index contributed by atoms with van der Waals surface area (Å²) in [5.74, 6) is -0.0773. The van der Waals surface area contributed by atoms with E-state index in [2.05, 4.69) is 0 Å². The van der Waals surface area contributed by atoms with Gasteiger partial charge in [0.05, 0.1) is 5.56 Å². The van der Waals surface area contributed by atoms with Crippen LogP contribution in [0.4, 0.5) is 0 Å². The first kappa shape index (κ1) is 16.5. The van der Waals surface area contributed by atoms with Crippen molar-refractivity contribution < 1.29 is 20.4 Å². The fourth-order valence-corrected chi connectivity index (χ4v) is 2.04. The summed E-state index contributed by atoms with van der Waals surface area (Å²) in [5.41, 5.74) is 1.69. The molecule has 0 bridgehead atoms. The van der Waals surface area contributed by atoms with Gasteiger partial charge in [-0.25, -0.2) is 0 Å². The summed E-state index contributed by atoms with van der Waals surface area (Å²) in [7, 11) is 0. The zero-order valence-corrected chi connectivity index (χ0v) is 13.1. The summed E-state index contributed by atoms with van der Waals surface area (Å²) in [6.45, 7) is 4.02. The molecule has 0 saturated heterocycles. The number of phenols is 4. The van der Waals surface area contributed by atoms with E-state index in [1.165, 1.54) is 12.1 Å². The Balaban J connectivity index is 2.27. The summed E-state index contributed by atoms with van der Waals surface area (Å²) in [6.07, 6.45) is 6.99.